The fraction of sp³-hybridized carbons (Fsp3) is 0.455. The molecule has 2 unspecified atom stereocenters. The molecule has 0 spiro atoms. The normalized spacial score (nSPS) is 22.9. The van der Waals surface area contributed by atoms with Crippen molar-refractivity contribution < 1.29 is 33.8 Å². The molecule has 3 rings (SSSR count). The van der Waals surface area contributed by atoms with Crippen molar-refractivity contribution in [1.82, 2.24) is 0 Å². The summed E-state index contributed by atoms with van der Waals surface area (Å²) in [5, 5.41) is 10.6. The van der Waals surface area contributed by atoms with Crippen molar-refractivity contribution in [3.05, 3.63) is 39.7 Å². The quantitative estimate of drug-likeness (QED) is 0.598. The Hall–Kier alpha value is -2.96. The van der Waals surface area contributed by atoms with Gasteiger partial charge in [0.2, 0.25) is 5.78 Å². The molecular formula is C22H26O7. The van der Waals surface area contributed by atoms with Gasteiger partial charge in [-0.2, -0.15) is 0 Å². The predicted octanol–water partition coefficient (Wildman–Crippen LogP) is 3.09. The number of allylic oxidation sites excluding steroid dienone is 2. The van der Waals surface area contributed by atoms with Crippen LogP contribution in [-0.2, 0) is 25.5 Å². The van der Waals surface area contributed by atoms with Crippen molar-refractivity contribution in [3.63, 3.8) is 0 Å². The molecule has 0 bridgehead atoms. The van der Waals surface area contributed by atoms with Crippen LogP contribution in [0.2, 0.25) is 0 Å². The molecule has 2 aliphatic rings. The molecule has 1 aromatic rings. The zero-order valence-corrected chi connectivity index (χ0v) is 17.8. The molecule has 29 heavy (non-hydrogen) atoms. The van der Waals surface area contributed by atoms with Gasteiger partial charge in [0.05, 0.1) is 24.2 Å². The van der Waals surface area contributed by atoms with E-state index in [0.29, 0.717) is 17.5 Å². The van der Waals surface area contributed by atoms with E-state index in [9.17, 15) is 24.3 Å². The summed E-state index contributed by atoms with van der Waals surface area (Å²) in [6.45, 7) is 10.2. The van der Waals surface area contributed by atoms with Crippen LogP contribution in [0, 0.1) is 12.8 Å². The third kappa shape index (κ3) is 3.05. The van der Waals surface area contributed by atoms with E-state index in [2.05, 4.69) is 4.74 Å². The van der Waals surface area contributed by atoms with Gasteiger partial charge < -0.3 is 14.6 Å². The van der Waals surface area contributed by atoms with Crippen molar-refractivity contribution in [2.24, 2.45) is 5.92 Å². The number of phenols is 1. The fourth-order valence-electron chi connectivity index (χ4n) is 3.81. The summed E-state index contributed by atoms with van der Waals surface area (Å²) in [5.41, 5.74) is -1.02. The highest BCUT2D eigenvalue weighted by Crippen LogP contribution is 2.43. The maximum absolute atomic E-state index is 13.1. The summed E-state index contributed by atoms with van der Waals surface area (Å²) in [7, 11) is 1.10. The second kappa shape index (κ2) is 7.81. The molecule has 2 atom stereocenters. The minimum absolute atomic E-state index is 0.0378. The number of carbonyl (C=O) groups excluding carboxylic acids is 4. The van der Waals surface area contributed by atoms with E-state index in [0.717, 1.165) is 7.11 Å². The average Bonchev–Trinajstić information content (AvgIpc) is 2.70. The van der Waals surface area contributed by atoms with E-state index in [4.69, 9.17) is 4.74 Å². The molecule has 1 aromatic carbocycles. The highest BCUT2D eigenvalue weighted by molar-refractivity contribution is 6.30. The van der Waals surface area contributed by atoms with Crippen LogP contribution in [0.15, 0.2) is 17.4 Å². The van der Waals surface area contributed by atoms with E-state index >= 15 is 0 Å². The van der Waals surface area contributed by atoms with Gasteiger partial charge >= 0.3 is 5.97 Å². The molecule has 1 aliphatic heterocycles. The molecule has 1 aliphatic carbocycles. The van der Waals surface area contributed by atoms with Crippen LogP contribution in [0.4, 0.5) is 0 Å². The number of esters is 1. The Morgan fingerprint density at radius 3 is 2.34 bits per heavy atom. The monoisotopic (exact) mass is 402 g/mol. The van der Waals surface area contributed by atoms with Crippen molar-refractivity contribution in [1.29, 1.82) is 0 Å². The van der Waals surface area contributed by atoms with Gasteiger partial charge in [-0.15, -0.1) is 0 Å². The lowest BCUT2D eigenvalue weighted by Crippen LogP contribution is -2.54. The number of ketones is 3. The Balaban J connectivity index is 0.00000145. The average molecular weight is 402 g/mol. The third-order valence-electron chi connectivity index (χ3n) is 5.33. The van der Waals surface area contributed by atoms with Crippen LogP contribution >= 0.6 is 0 Å². The molecule has 7 heteroatoms. The zero-order valence-electron chi connectivity index (χ0n) is 17.8. The summed E-state index contributed by atoms with van der Waals surface area (Å²) >= 11 is 0. The summed E-state index contributed by atoms with van der Waals surface area (Å²) in [6.07, 6.45) is 0.466. The van der Waals surface area contributed by atoms with E-state index < -0.39 is 34.8 Å². The zero-order chi connectivity index (χ0) is 22.3. The number of rotatable bonds is 2. The van der Waals surface area contributed by atoms with Gasteiger partial charge in [0.25, 0.3) is 5.60 Å². The van der Waals surface area contributed by atoms with Gasteiger partial charge in [-0.05, 0) is 37.5 Å². The van der Waals surface area contributed by atoms with Gasteiger partial charge in [0.15, 0.2) is 17.3 Å². The number of benzene rings is 1. The Bertz CT molecular complexity index is 954. The molecule has 0 radical (unpaired) electrons. The lowest BCUT2D eigenvalue weighted by Gasteiger charge is -2.37. The van der Waals surface area contributed by atoms with Gasteiger partial charge in [-0.25, -0.2) is 4.79 Å². The first-order valence-corrected chi connectivity index (χ1v) is 9.60. The number of hydrogen-bond acceptors (Lipinski definition) is 7. The number of aryl methyl sites for hydroxylation is 1. The number of methoxy groups -OCH3 is 1. The number of aromatic hydroxyl groups is 1. The van der Waals surface area contributed by atoms with Gasteiger partial charge in [-0.1, -0.05) is 27.7 Å². The van der Waals surface area contributed by atoms with Crippen LogP contribution in [0.5, 0.6) is 5.75 Å². The smallest absolute Gasteiger partial charge is 0.357 e. The summed E-state index contributed by atoms with van der Waals surface area (Å²) in [6, 6.07) is 1.54. The largest absolute Gasteiger partial charge is 0.507 e. The first-order valence-electron chi connectivity index (χ1n) is 9.60. The first-order chi connectivity index (χ1) is 13.6. The van der Waals surface area contributed by atoms with Gasteiger partial charge in [0.1, 0.15) is 5.75 Å². The van der Waals surface area contributed by atoms with Gasteiger partial charge in [-0.3, -0.25) is 14.4 Å². The number of ether oxygens (including phenoxy) is 2. The van der Waals surface area contributed by atoms with E-state index in [1.165, 1.54) is 13.8 Å². The molecule has 0 saturated carbocycles. The fourth-order valence-corrected chi connectivity index (χ4v) is 3.81. The third-order valence-corrected chi connectivity index (χ3v) is 5.33. The van der Waals surface area contributed by atoms with Crippen LogP contribution in [-0.4, -0.2) is 41.1 Å². The lowest BCUT2D eigenvalue weighted by molar-refractivity contribution is -0.170. The first kappa shape index (κ1) is 22.3. The van der Waals surface area contributed by atoms with Crippen LogP contribution < -0.4 is 0 Å². The van der Waals surface area contributed by atoms with E-state index in [1.54, 1.807) is 13.0 Å². The van der Waals surface area contributed by atoms with Crippen LogP contribution in [0.3, 0.4) is 0 Å². The molecule has 0 saturated heterocycles. The Labute approximate surface area is 169 Å². The number of phenolic OH excluding ortho intramolecular Hbond substituents is 1. The number of fused-ring (bicyclic) bond motifs is 1. The topological polar surface area (TPSA) is 107 Å². The van der Waals surface area contributed by atoms with Crippen molar-refractivity contribution in [2.45, 2.75) is 53.6 Å². The second-order valence-corrected chi connectivity index (χ2v) is 6.91. The molecule has 1 N–H and O–H groups in total. The predicted molar refractivity (Wildman–Crippen MR) is 105 cm³/mol. The molecule has 0 fully saturated rings. The SMILES string of the molecule is CC.CCc1c(C)cc2c(c1O)C(=O)C1=C(C2=O)C(C)C(=O)C(C)(C(=O)OC)O1. The van der Waals surface area contributed by atoms with Crippen LogP contribution in [0.1, 0.15) is 66.5 Å². The van der Waals surface area contributed by atoms with Crippen LogP contribution in [0.25, 0.3) is 0 Å². The maximum atomic E-state index is 13.1. The molecule has 7 nitrogen and oxygen atoms in total. The maximum Gasteiger partial charge on any atom is 0.357 e. The van der Waals surface area contributed by atoms with Crippen molar-refractivity contribution >= 4 is 23.3 Å². The molecule has 156 valence electrons. The highest BCUT2D eigenvalue weighted by Gasteiger charge is 2.56. The Kier molecular flexibility index (Phi) is 6.02. The highest BCUT2D eigenvalue weighted by atomic mass is 16.6. The second-order valence-electron chi connectivity index (χ2n) is 6.91. The lowest BCUT2D eigenvalue weighted by atomic mass is 9.74. The molecule has 0 amide bonds. The minimum Gasteiger partial charge on any atom is -0.507 e. The van der Waals surface area contributed by atoms with E-state index in [-0.39, 0.29) is 28.2 Å². The van der Waals surface area contributed by atoms with Gasteiger partial charge in [0, 0.05) is 5.56 Å². The number of hydrogen-bond donors (Lipinski definition) is 1. The summed E-state index contributed by atoms with van der Waals surface area (Å²) in [4.78, 5) is 51.0. The number of Topliss-reactive ketones (excluding diaryl/α,β-unsaturated/α-hetero) is 3. The standard InChI is InChI=1S/C20H20O7.C2H6/c1-6-10-8(2)7-11-13(14(10)21)16(23)17-12(15(11)22)9(3)18(24)20(4,27-17)19(25)26-5;1-2/h7,9,21H,6H2,1-5H3;1-2H3. The molecule has 1 heterocycles. The van der Waals surface area contributed by atoms with Crippen molar-refractivity contribution in [3.8, 4) is 5.75 Å². The summed E-state index contributed by atoms with van der Waals surface area (Å²) < 4.78 is 10.1. The van der Waals surface area contributed by atoms with Crippen molar-refractivity contribution in [2.75, 3.05) is 7.11 Å². The Morgan fingerprint density at radius 1 is 1.24 bits per heavy atom. The summed E-state index contributed by atoms with van der Waals surface area (Å²) in [5.74, 6) is -4.59. The van der Waals surface area contributed by atoms with E-state index in [1.807, 2.05) is 20.8 Å². The Morgan fingerprint density at radius 2 is 1.83 bits per heavy atom. The minimum atomic E-state index is -2.03. The molecular weight excluding hydrogens is 376 g/mol. The molecule has 0 aromatic heterocycles. The number of carbonyl (C=O) groups is 4.